The Kier molecular flexibility index (Phi) is 5.63. The van der Waals surface area contributed by atoms with Crippen LogP contribution in [-0.2, 0) is 4.79 Å². The quantitative estimate of drug-likeness (QED) is 0.804. The lowest BCUT2D eigenvalue weighted by atomic mass is 9.96. The van der Waals surface area contributed by atoms with E-state index >= 15 is 0 Å². The molecule has 0 saturated carbocycles. The number of nitrogens with zero attached hydrogens (tertiary/aromatic N) is 1. The van der Waals surface area contributed by atoms with E-state index in [4.69, 9.17) is 5.11 Å². The fourth-order valence-corrected chi connectivity index (χ4v) is 2.85. The molecule has 110 valence electrons. The van der Waals surface area contributed by atoms with Gasteiger partial charge in [0, 0.05) is 19.1 Å². The largest absolute Gasteiger partial charge is 0.481 e. The van der Waals surface area contributed by atoms with Gasteiger partial charge in [-0.1, -0.05) is 33.6 Å². The number of nitrogens with one attached hydrogen (secondary N) is 1. The first kappa shape index (κ1) is 15.8. The molecule has 5 nitrogen and oxygen atoms in total. The second-order valence-corrected chi connectivity index (χ2v) is 5.64. The van der Waals surface area contributed by atoms with Gasteiger partial charge in [-0.25, -0.2) is 4.79 Å². The average Bonchev–Trinajstić information content (AvgIpc) is 2.73. The van der Waals surface area contributed by atoms with Crippen LogP contribution in [0.25, 0.3) is 0 Å². The maximum absolute atomic E-state index is 12.1. The Hall–Kier alpha value is -1.26. The van der Waals surface area contributed by atoms with Crippen LogP contribution in [0.3, 0.4) is 0 Å². The molecule has 0 aromatic carbocycles. The van der Waals surface area contributed by atoms with Gasteiger partial charge >= 0.3 is 12.0 Å². The smallest absolute Gasteiger partial charge is 0.317 e. The number of rotatable bonds is 5. The molecule has 2 amide bonds. The number of hydrogen-bond acceptors (Lipinski definition) is 2. The molecule has 0 aromatic heterocycles. The zero-order chi connectivity index (χ0) is 14.6. The van der Waals surface area contributed by atoms with Crippen LogP contribution < -0.4 is 5.32 Å². The third-order valence-electron chi connectivity index (χ3n) is 4.32. The lowest BCUT2D eigenvalue weighted by Gasteiger charge is -2.25. The van der Waals surface area contributed by atoms with Gasteiger partial charge in [-0.3, -0.25) is 4.79 Å². The molecule has 1 fully saturated rings. The molecular formula is C14H26N2O3. The van der Waals surface area contributed by atoms with Crippen molar-refractivity contribution in [2.75, 3.05) is 13.1 Å². The maximum Gasteiger partial charge on any atom is 0.317 e. The molecule has 2 N–H and O–H groups in total. The van der Waals surface area contributed by atoms with Gasteiger partial charge in [-0.15, -0.1) is 0 Å². The van der Waals surface area contributed by atoms with Crippen molar-refractivity contribution < 1.29 is 14.7 Å². The second kappa shape index (κ2) is 6.78. The van der Waals surface area contributed by atoms with E-state index < -0.39 is 11.9 Å². The van der Waals surface area contributed by atoms with E-state index in [2.05, 4.69) is 19.2 Å². The van der Waals surface area contributed by atoms with Gasteiger partial charge in [-0.05, 0) is 18.8 Å². The molecular weight excluding hydrogens is 244 g/mol. The number of carboxylic acid groups (broad SMARTS) is 1. The zero-order valence-corrected chi connectivity index (χ0v) is 12.3. The number of amides is 2. The van der Waals surface area contributed by atoms with Gasteiger partial charge in [0.25, 0.3) is 0 Å². The number of hydrogen-bond donors (Lipinski definition) is 2. The van der Waals surface area contributed by atoms with Crippen LogP contribution in [-0.4, -0.2) is 41.1 Å². The van der Waals surface area contributed by atoms with E-state index in [-0.39, 0.29) is 18.0 Å². The fourth-order valence-electron chi connectivity index (χ4n) is 2.85. The summed E-state index contributed by atoms with van der Waals surface area (Å²) >= 11 is 0. The zero-order valence-electron chi connectivity index (χ0n) is 12.3. The lowest BCUT2D eigenvalue weighted by Crippen LogP contribution is -2.45. The summed E-state index contributed by atoms with van der Waals surface area (Å²) < 4.78 is 0. The number of aliphatic carboxylic acids is 1. The van der Waals surface area contributed by atoms with Crippen LogP contribution in [0.2, 0.25) is 0 Å². The normalized spacial score (nSPS) is 24.6. The summed E-state index contributed by atoms with van der Waals surface area (Å²) in [4.78, 5) is 24.8. The second-order valence-electron chi connectivity index (χ2n) is 5.64. The lowest BCUT2D eigenvalue weighted by molar-refractivity contribution is -0.142. The van der Waals surface area contributed by atoms with Crippen LogP contribution in [0, 0.1) is 17.8 Å². The van der Waals surface area contributed by atoms with Gasteiger partial charge in [-0.2, -0.15) is 0 Å². The minimum atomic E-state index is -0.809. The number of carbonyl (C=O) groups is 2. The van der Waals surface area contributed by atoms with Gasteiger partial charge in [0.05, 0.1) is 5.92 Å². The van der Waals surface area contributed by atoms with Crippen molar-refractivity contribution in [3.8, 4) is 0 Å². The summed E-state index contributed by atoms with van der Waals surface area (Å²) in [5.41, 5.74) is 0. The van der Waals surface area contributed by atoms with Crippen molar-refractivity contribution in [2.24, 2.45) is 17.8 Å². The molecule has 19 heavy (non-hydrogen) atoms. The SMILES string of the molecule is CCC(CC)C(C)NC(=O)N1C[C@@H](C)[C@H](C(=O)O)C1. The third kappa shape index (κ3) is 3.85. The highest BCUT2D eigenvalue weighted by molar-refractivity contribution is 5.77. The van der Waals surface area contributed by atoms with Crippen molar-refractivity contribution in [1.82, 2.24) is 10.2 Å². The van der Waals surface area contributed by atoms with Crippen LogP contribution in [0.4, 0.5) is 4.79 Å². The summed E-state index contributed by atoms with van der Waals surface area (Å²) in [5, 5.41) is 12.1. The predicted octanol–water partition coefficient (Wildman–Crippen LogP) is 2.17. The molecule has 1 aliphatic heterocycles. The standard InChI is InChI=1S/C14H26N2O3/c1-5-11(6-2)10(4)15-14(19)16-7-9(3)12(8-16)13(17)18/h9-12H,5-8H2,1-4H3,(H,15,19)(H,17,18)/t9-,10?,12-/m1/s1. The van der Waals surface area contributed by atoms with E-state index in [9.17, 15) is 9.59 Å². The molecule has 1 rings (SSSR count). The van der Waals surface area contributed by atoms with Gasteiger partial charge in [0.15, 0.2) is 0 Å². The van der Waals surface area contributed by atoms with Crippen LogP contribution >= 0.6 is 0 Å². The number of carbonyl (C=O) groups excluding carboxylic acids is 1. The van der Waals surface area contributed by atoms with E-state index in [0.29, 0.717) is 19.0 Å². The molecule has 1 saturated heterocycles. The van der Waals surface area contributed by atoms with Crippen molar-refractivity contribution in [3.05, 3.63) is 0 Å². The Morgan fingerprint density at radius 3 is 2.32 bits per heavy atom. The van der Waals surface area contributed by atoms with Gasteiger partial charge in [0.1, 0.15) is 0 Å². The predicted molar refractivity (Wildman–Crippen MR) is 73.9 cm³/mol. The molecule has 5 heteroatoms. The van der Waals surface area contributed by atoms with E-state index in [0.717, 1.165) is 12.8 Å². The third-order valence-corrected chi connectivity index (χ3v) is 4.32. The van der Waals surface area contributed by atoms with Gasteiger partial charge < -0.3 is 15.3 Å². The summed E-state index contributed by atoms with van der Waals surface area (Å²) in [6.45, 7) is 8.99. The Labute approximate surface area is 115 Å². The monoisotopic (exact) mass is 270 g/mol. The van der Waals surface area contributed by atoms with Crippen molar-refractivity contribution in [2.45, 2.75) is 46.6 Å². The highest BCUT2D eigenvalue weighted by Crippen LogP contribution is 2.23. The Balaban J connectivity index is 2.53. The van der Waals surface area contributed by atoms with E-state index in [1.807, 2.05) is 13.8 Å². The molecule has 1 unspecified atom stereocenters. The summed E-state index contributed by atoms with van der Waals surface area (Å²) in [6, 6.07) is -0.00307. The molecule has 0 aliphatic carbocycles. The first-order valence-corrected chi connectivity index (χ1v) is 7.18. The molecule has 0 radical (unpaired) electrons. The molecule has 1 heterocycles. The maximum atomic E-state index is 12.1. The Morgan fingerprint density at radius 2 is 1.89 bits per heavy atom. The Bertz CT molecular complexity index is 329. The highest BCUT2D eigenvalue weighted by Gasteiger charge is 2.37. The minimum absolute atomic E-state index is 0.0201. The van der Waals surface area contributed by atoms with Crippen LogP contribution in [0.15, 0.2) is 0 Å². The minimum Gasteiger partial charge on any atom is -0.481 e. The van der Waals surface area contributed by atoms with Crippen molar-refractivity contribution >= 4 is 12.0 Å². The number of likely N-dealkylation sites (tertiary alicyclic amines) is 1. The van der Waals surface area contributed by atoms with E-state index in [1.165, 1.54) is 0 Å². The molecule has 3 atom stereocenters. The molecule has 1 aliphatic rings. The van der Waals surface area contributed by atoms with Crippen molar-refractivity contribution in [3.63, 3.8) is 0 Å². The van der Waals surface area contributed by atoms with Crippen LogP contribution in [0.5, 0.6) is 0 Å². The molecule has 0 bridgehead atoms. The average molecular weight is 270 g/mol. The molecule has 0 spiro atoms. The summed E-state index contributed by atoms with van der Waals surface area (Å²) in [6.07, 6.45) is 2.07. The first-order valence-electron chi connectivity index (χ1n) is 7.18. The van der Waals surface area contributed by atoms with Crippen molar-refractivity contribution in [1.29, 1.82) is 0 Å². The number of urea groups is 1. The fraction of sp³-hybridized carbons (Fsp3) is 0.857. The van der Waals surface area contributed by atoms with E-state index in [1.54, 1.807) is 4.90 Å². The Morgan fingerprint density at radius 1 is 1.32 bits per heavy atom. The van der Waals surface area contributed by atoms with Gasteiger partial charge in [0.2, 0.25) is 0 Å². The number of carboxylic acids is 1. The topological polar surface area (TPSA) is 69.6 Å². The molecule has 0 aromatic rings. The van der Waals surface area contributed by atoms with Crippen LogP contribution in [0.1, 0.15) is 40.5 Å². The highest BCUT2D eigenvalue weighted by atomic mass is 16.4. The first-order chi connectivity index (χ1) is 8.90. The summed E-state index contributed by atoms with van der Waals surface area (Å²) in [5.74, 6) is -0.754. The summed E-state index contributed by atoms with van der Waals surface area (Å²) in [7, 11) is 0.